The number of methoxy groups -OCH3 is 1. The number of carbonyl (C=O) groups is 1. The Balaban J connectivity index is 1.53. The van der Waals surface area contributed by atoms with E-state index in [2.05, 4.69) is 9.97 Å². The van der Waals surface area contributed by atoms with Crippen molar-refractivity contribution in [3.8, 4) is 17.4 Å². The molecule has 1 aromatic carbocycles. The minimum atomic E-state index is -0.0827. The Kier molecular flexibility index (Phi) is 5.66. The summed E-state index contributed by atoms with van der Waals surface area (Å²) in [6, 6.07) is 7.27. The highest BCUT2D eigenvalue weighted by Gasteiger charge is 2.25. The lowest BCUT2D eigenvalue weighted by Crippen LogP contribution is -2.46. The predicted octanol–water partition coefficient (Wildman–Crippen LogP) is 1.93. The third-order valence-corrected chi connectivity index (χ3v) is 3.98. The summed E-state index contributed by atoms with van der Waals surface area (Å²) in [6.45, 7) is 1.19. The van der Waals surface area contributed by atoms with Crippen molar-refractivity contribution in [1.29, 1.82) is 0 Å². The van der Waals surface area contributed by atoms with Gasteiger partial charge >= 0.3 is 0 Å². The first-order chi connectivity index (χ1) is 12.3. The smallest absolute Gasteiger partial charge is 0.260 e. The molecular formula is C18H21N3O4. The van der Waals surface area contributed by atoms with Gasteiger partial charge in [0.05, 0.1) is 19.9 Å². The van der Waals surface area contributed by atoms with Crippen molar-refractivity contribution >= 4 is 5.91 Å². The van der Waals surface area contributed by atoms with E-state index in [4.69, 9.17) is 14.2 Å². The molecule has 2 aromatic rings. The molecule has 7 nitrogen and oxygen atoms in total. The van der Waals surface area contributed by atoms with E-state index in [-0.39, 0.29) is 18.6 Å². The Morgan fingerprint density at radius 3 is 2.88 bits per heavy atom. The minimum Gasteiger partial charge on any atom is -0.493 e. The molecule has 132 valence electrons. The van der Waals surface area contributed by atoms with Gasteiger partial charge in [0.15, 0.2) is 18.1 Å². The van der Waals surface area contributed by atoms with E-state index in [1.165, 1.54) is 0 Å². The number of nitrogens with zero attached hydrogens (tertiary/aromatic N) is 3. The summed E-state index contributed by atoms with van der Waals surface area (Å²) in [5.41, 5.74) is 0. The molecule has 1 atom stereocenters. The average molecular weight is 343 g/mol. The second-order valence-electron chi connectivity index (χ2n) is 5.71. The first kappa shape index (κ1) is 17.0. The van der Waals surface area contributed by atoms with Crippen LogP contribution >= 0.6 is 0 Å². The largest absolute Gasteiger partial charge is 0.493 e. The molecular weight excluding hydrogens is 322 g/mol. The zero-order valence-electron chi connectivity index (χ0n) is 14.1. The lowest BCUT2D eigenvalue weighted by Gasteiger charge is -2.32. The highest BCUT2D eigenvalue weighted by Crippen LogP contribution is 2.26. The van der Waals surface area contributed by atoms with Crippen LogP contribution in [-0.2, 0) is 4.79 Å². The minimum absolute atomic E-state index is 0.0295. The Hall–Kier alpha value is -2.83. The maximum absolute atomic E-state index is 12.4. The van der Waals surface area contributed by atoms with Gasteiger partial charge < -0.3 is 19.1 Å². The fraction of sp³-hybridized carbons (Fsp3) is 0.389. The number of amides is 1. The number of para-hydroxylation sites is 2. The number of hydrogen-bond donors (Lipinski definition) is 0. The van der Waals surface area contributed by atoms with E-state index in [1.807, 2.05) is 12.1 Å². The first-order valence-corrected chi connectivity index (χ1v) is 8.22. The Labute approximate surface area is 146 Å². The third-order valence-electron chi connectivity index (χ3n) is 3.98. The third kappa shape index (κ3) is 4.59. The molecule has 7 heteroatoms. The van der Waals surface area contributed by atoms with E-state index in [0.717, 1.165) is 12.8 Å². The number of likely N-dealkylation sites (tertiary alicyclic amines) is 1. The second kappa shape index (κ2) is 8.32. The van der Waals surface area contributed by atoms with Gasteiger partial charge in [-0.2, -0.15) is 0 Å². The molecule has 1 unspecified atom stereocenters. The van der Waals surface area contributed by atoms with Gasteiger partial charge in [-0.05, 0) is 25.0 Å². The Bertz CT molecular complexity index is 696. The van der Waals surface area contributed by atoms with Gasteiger partial charge in [0.2, 0.25) is 5.88 Å². The van der Waals surface area contributed by atoms with Crippen molar-refractivity contribution in [2.24, 2.45) is 0 Å². The molecule has 25 heavy (non-hydrogen) atoms. The number of ether oxygens (including phenoxy) is 3. The summed E-state index contributed by atoms with van der Waals surface area (Å²) in [5.74, 6) is 1.57. The Morgan fingerprint density at radius 1 is 1.28 bits per heavy atom. The van der Waals surface area contributed by atoms with Crippen LogP contribution in [0.25, 0.3) is 0 Å². The molecule has 0 bridgehead atoms. The van der Waals surface area contributed by atoms with E-state index in [1.54, 1.807) is 42.7 Å². The second-order valence-corrected chi connectivity index (χ2v) is 5.71. The predicted molar refractivity (Wildman–Crippen MR) is 90.8 cm³/mol. The highest BCUT2D eigenvalue weighted by atomic mass is 16.5. The Morgan fingerprint density at radius 2 is 2.12 bits per heavy atom. The molecule has 0 spiro atoms. The molecule has 0 saturated carbocycles. The summed E-state index contributed by atoms with van der Waals surface area (Å²) in [7, 11) is 1.57. The summed E-state index contributed by atoms with van der Waals surface area (Å²) < 4.78 is 16.6. The summed E-state index contributed by atoms with van der Waals surface area (Å²) >= 11 is 0. The number of hydrogen-bond acceptors (Lipinski definition) is 6. The molecule has 1 aliphatic heterocycles. The molecule has 1 amide bonds. The number of aromatic nitrogens is 2. The topological polar surface area (TPSA) is 73.8 Å². The van der Waals surface area contributed by atoms with Crippen molar-refractivity contribution in [3.63, 3.8) is 0 Å². The molecule has 0 radical (unpaired) electrons. The average Bonchev–Trinajstić information content (AvgIpc) is 2.67. The standard InChI is InChI=1S/C18H21N3O4/c1-23-15-6-2-3-7-16(15)24-13-18(22)21-10-4-5-14(12-21)25-17-11-19-8-9-20-17/h2-3,6-9,11,14H,4-5,10,12-13H2,1H3. The normalized spacial score (nSPS) is 17.0. The van der Waals surface area contributed by atoms with Gasteiger partial charge in [0.25, 0.3) is 5.91 Å². The van der Waals surface area contributed by atoms with Crippen LogP contribution in [0, 0.1) is 0 Å². The van der Waals surface area contributed by atoms with Gasteiger partial charge in [-0.3, -0.25) is 9.78 Å². The van der Waals surface area contributed by atoms with Crippen molar-refractivity contribution in [2.75, 3.05) is 26.8 Å². The fourth-order valence-corrected chi connectivity index (χ4v) is 2.75. The SMILES string of the molecule is COc1ccccc1OCC(=O)N1CCCC(Oc2cnccn2)C1. The van der Waals surface area contributed by atoms with Gasteiger partial charge in [-0.1, -0.05) is 12.1 Å². The van der Waals surface area contributed by atoms with E-state index < -0.39 is 0 Å². The van der Waals surface area contributed by atoms with E-state index in [9.17, 15) is 4.79 Å². The highest BCUT2D eigenvalue weighted by molar-refractivity contribution is 5.78. The van der Waals surface area contributed by atoms with Crippen molar-refractivity contribution < 1.29 is 19.0 Å². The van der Waals surface area contributed by atoms with Gasteiger partial charge in [0, 0.05) is 18.9 Å². The molecule has 3 rings (SSSR count). The maximum atomic E-state index is 12.4. The molecule has 2 heterocycles. The lowest BCUT2D eigenvalue weighted by molar-refractivity contribution is -0.136. The summed E-state index contributed by atoms with van der Waals surface area (Å²) in [4.78, 5) is 22.3. The van der Waals surface area contributed by atoms with Crippen LogP contribution in [0.5, 0.6) is 17.4 Å². The molecule has 1 fully saturated rings. The van der Waals surface area contributed by atoms with Gasteiger partial charge in [-0.15, -0.1) is 0 Å². The van der Waals surface area contributed by atoms with Gasteiger partial charge in [0.1, 0.15) is 6.10 Å². The van der Waals surface area contributed by atoms with Crippen LogP contribution < -0.4 is 14.2 Å². The van der Waals surface area contributed by atoms with Crippen LogP contribution in [0.1, 0.15) is 12.8 Å². The number of carbonyl (C=O) groups excluding carboxylic acids is 1. The zero-order valence-corrected chi connectivity index (χ0v) is 14.1. The zero-order chi connectivity index (χ0) is 17.5. The first-order valence-electron chi connectivity index (χ1n) is 8.22. The van der Waals surface area contributed by atoms with Gasteiger partial charge in [-0.25, -0.2) is 4.98 Å². The lowest BCUT2D eigenvalue weighted by atomic mass is 10.1. The van der Waals surface area contributed by atoms with Crippen molar-refractivity contribution in [1.82, 2.24) is 14.9 Å². The van der Waals surface area contributed by atoms with Crippen LogP contribution in [0.4, 0.5) is 0 Å². The van der Waals surface area contributed by atoms with Crippen LogP contribution in [0.3, 0.4) is 0 Å². The summed E-state index contributed by atoms with van der Waals surface area (Å²) in [5, 5.41) is 0. The molecule has 1 saturated heterocycles. The van der Waals surface area contributed by atoms with Crippen molar-refractivity contribution in [2.45, 2.75) is 18.9 Å². The van der Waals surface area contributed by atoms with Crippen LogP contribution in [-0.4, -0.2) is 53.7 Å². The molecule has 0 aliphatic carbocycles. The number of benzene rings is 1. The quantitative estimate of drug-likeness (QED) is 0.798. The van der Waals surface area contributed by atoms with Crippen LogP contribution in [0.15, 0.2) is 42.9 Å². The fourth-order valence-electron chi connectivity index (χ4n) is 2.75. The molecule has 1 aliphatic rings. The maximum Gasteiger partial charge on any atom is 0.260 e. The number of rotatable bonds is 6. The summed E-state index contributed by atoms with van der Waals surface area (Å²) in [6.07, 6.45) is 6.44. The van der Waals surface area contributed by atoms with E-state index >= 15 is 0 Å². The van der Waals surface area contributed by atoms with Crippen molar-refractivity contribution in [3.05, 3.63) is 42.9 Å². The van der Waals surface area contributed by atoms with E-state index in [0.29, 0.717) is 30.5 Å². The monoisotopic (exact) mass is 343 g/mol. The van der Waals surface area contributed by atoms with Crippen LogP contribution in [0.2, 0.25) is 0 Å². The number of piperidine rings is 1. The molecule has 1 aromatic heterocycles. The molecule has 0 N–H and O–H groups in total.